The lowest BCUT2D eigenvalue weighted by molar-refractivity contribution is -0.0311. The smallest absolute Gasteiger partial charge is 0.166 e. The maximum atomic E-state index is 6.42. The molecule has 27 heavy (non-hydrogen) atoms. The van der Waals surface area contributed by atoms with Crippen molar-refractivity contribution in [1.82, 2.24) is 29.5 Å². The van der Waals surface area contributed by atoms with Crippen LogP contribution in [0.1, 0.15) is 25.5 Å². The van der Waals surface area contributed by atoms with Crippen LogP contribution in [0.2, 0.25) is 5.02 Å². The van der Waals surface area contributed by atoms with E-state index in [-0.39, 0.29) is 6.23 Å². The van der Waals surface area contributed by atoms with Gasteiger partial charge in [0.25, 0.3) is 0 Å². The fourth-order valence-corrected chi connectivity index (χ4v) is 3.66. The number of benzene rings is 1. The van der Waals surface area contributed by atoms with E-state index < -0.39 is 0 Å². The van der Waals surface area contributed by atoms with Gasteiger partial charge in [-0.05, 0) is 43.5 Å². The minimum Gasteiger partial charge on any atom is -0.358 e. The van der Waals surface area contributed by atoms with Gasteiger partial charge in [-0.1, -0.05) is 11.6 Å². The van der Waals surface area contributed by atoms with Gasteiger partial charge in [0, 0.05) is 34.8 Å². The molecular weight excluding hydrogens is 364 g/mol. The van der Waals surface area contributed by atoms with Gasteiger partial charge >= 0.3 is 0 Å². The van der Waals surface area contributed by atoms with Crippen molar-refractivity contribution in [3.8, 4) is 17.1 Å². The van der Waals surface area contributed by atoms with Crippen LogP contribution in [0.3, 0.4) is 0 Å². The van der Waals surface area contributed by atoms with Crippen molar-refractivity contribution >= 4 is 22.6 Å². The Bertz CT molecular complexity index is 1100. The molecule has 0 spiro atoms. The predicted molar refractivity (Wildman–Crippen MR) is 101 cm³/mol. The number of fused-ring (bicyclic) bond motifs is 1. The molecule has 0 amide bonds. The molecule has 0 N–H and O–H groups in total. The largest absolute Gasteiger partial charge is 0.358 e. The summed E-state index contributed by atoms with van der Waals surface area (Å²) in [4.78, 5) is 4.38. The lowest BCUT2D eigenvalue weighted by Crippen LogP contribution is -2.18. The van der Waals surface area contributed by atoms with Crippen molar-refractivity contribution < 1.29 is 4.74 Å². The van der Waals surface area contributed by atoms with Gasteiger partial charge < -0.3 is 4.74 Å². The topological polar surface area (TPSA) is 70.7 Å². The molecule has 1 aromatic carbocycles. The van der Waals surface area contributed by atoms with E-state index in [1.54, 1.807) is 23.4 Å². The molecule has 0 bridgehead atoms. The molecule has 5 rings (SSSR count). The van der Waals surface area contributed by atoms with Crippen molar-refractivity contribution in [3.05, 3.63) is 54.1 Å². The molecule has 8 heteroatoms. The number of nitrogens with zero attached hydrogens (tertiary/aromatic N) is 6. The lowest BCUT2D eigenvalue weighted by Gasteiger charge is -2.24. The molecule has 1 radical (unpaired) electrons. The number of halogens is 1. The Morgan fingerprint density at radius 3 is 3.07 bits per heavy atom. The normalized spacial score (nSPS) is 17.4. The molecule has 135 valence electrons. The number of pyridine rings is 1. The van der Waals surface area contributed by atoms with Crippen LogP contribution in [0, 0.1) is 6.07 Å². The molecule has 4 aromatic rings. The average molecular weight is 380 g/mol. The van der Waals surface area contributed by atoms with Crippen LogP contribution >= 0.6 is 11.6 Å². The van der Waals surface area contributed by atoms with Gasteiger partial charge in [0.1, 0.15) is 12.6 Å². The Balaban J connectivity index is 1.60. The van der Waals surface area contributed by atoms with E-state index in [0.29, 0.717) is 5.02 Å². The van der Waals surface area contributed by atoms with Crippen molar-refractivity contribution in [2.75, 3.05) is 6.61 Å². The second kappa shape index (κ2) is 6.75. The van der Waals surface area contributed by atoms with E-state index in [2.05, 4.69) is 26.3 Å². The third-order valence-corrected chi connectivity index (χ3v) is 4.91. The SMILES string of the molecule is Clc1cc(-c2nncn2C2CCCCO2)cc(-n2ncc3c[c]cnc32)c1. The highest BCUT2D eigenvalue weighted by Gasteiger charge is 2.21. The maximum Gasteiger partial charge on any atom is 0.166 e. The first-order valence-electron chi connectivity index (χ1n) is 8.82. The highest BCUT2D eigenvalue weighted by molar-refractivity contribution is 6.31. The number of hydrogen-bond acceptors (Lipinski definition) is 5. The predicted octanol–water partition coefficient (Wildman–Crippen LogP) is 3.83. The van der Waals surface area contributed by atoms with E-state index in [0.717, 1.165) is 54.0 Å². The van der Waals surface area contributed by atoms with Crippen LogP contribution in [-0.4, -0.2) is 36.1 Å². The number of hydrogen-bond donors (Lipinski definition) is 0. The second-order valence-electron chi connectivity index (χ2n) is 6.49. The molecule has 1 saturated heterocycles. The van der Waals surface area contributed by atoms with Crippen LogP contribution < -0.4 is 0 Å². The van der Waals surface area contributed by atoms with Gasteiger partial charge in [-0.3, -0.25) is 4.57 Å². The Labute approximate surface area is 160 Å². The zero-order chi connectivity index (χ0) is 18.2. The van der Waals surface area contributed by atoms with Gasteiger partial charge in [-0.15, -0.1) is 10.2 Å². The summed E-state index contributed by atoms with van der Waals surface area (Å²) in [6.07, 6.45) is 8.22. The third kappa shape index (κ3) is 2.98. The summed E-state index contributed by atoms with van der Waals surface area (Å²) in [5, 5.41) is 14.4. The summed E-state index contributed by atoms with van der Waals surface area (Å²) in [7, 11) is 0. The first-order chi connectivity index (χ1) is 13.3. The van der Waals surface area contributed by atoms with E-state index in [1.807, 2.05) is 28.8 Å². The fraction of sp³-hybridized carbons (Fsp3) is 0.263. The zero-order valence-corrected chi connectivity index (χ0v) is 15.2. The van der Waals surface area contributed by atoms with Crippen LogP contribution in [0.25, 0.3) is 28.1 Å². The molecule has 1 atom stereocenters. The molecule has 1 unspecified atom stereocenters. The molecule has 0 aliphatic carbocycles. The number of ether oxygens (including phenoxy) is 1. The summed E-state index contributed by atoms with van der Waals surface area (Å²) in [6.45, 7) is 0.755. The highest BCUT2D eigenvalue weighted by Crippen LogP contribution is 2.30. The van der Waals surface area contributed by atoms with E-state index in [9.17, 15) is 0 Å². The monoisotopic (exact) mass is 379 g/mol. The standard InChI is InChI=1S/C19H16ClN6O/c20-15-8-14(19-24-22-12-25(19)17-5-1-2-7-27-17)9-16(10-15)26-18-13(11-23-26)4-3-6-21-18/h4,6,8-12,17H,1-2,5,7H2. The third-order valence-electron chi connectivity index (χ3n) is 4.70. The van der Waals surface area contributed by atoms with Gasteiger partial charge in [-0.25, -0.2) is 9.67 Å². The quantitative estimate of drug-likeness (QED) is 0.541. The molecule has 1 aliphatic heterocycles. The minimum atomic E-state index is -0.0473. The fourth-order valence-electron chi connectivity index (χ4n) is 3.43. The highest BCUT2D eigenvalue weighted by atomic mass is 35.5. The molecule has 7 nitrogen and oxygen atoms in total. The second-order valence-corrected chi connectivity index (χ2v) is 6.92. The summed E-state index contributed by atoms with van der Waals surface area (Å²) in [6, 6.07) is 10.5. The molecular formula is C19H16ClN6O. The van der Waals surface area contributed by atoms with Crippen LogP contribution in [-0.2, 0) is 4.74 Å². The Morgan fingerprint density at radius 2 is 2.19 bits per heavy atom. The Morgan fingerprint density at radius 1 is 1.22 bits per heavy atom. The summed E-state index contributed by atoms with van der Waals surface area (Å²) >= 11 is 6.42. The lowest BCUT2D eigenvalue weighted by atomic mass is 10.1. The summed E-state index contributed by atoms with van der Waals surface area (Å²) in [5.41, 5.74) is 2.42. The van der Waals surface area contributed by atoms with Gasteiger partial charge in [0.15, 0.2) is 11.5 Å². The van der Waals surface area contributed by atoms with Crippen molar-refractivity contribution in [2.45, 2.75) is 25.5 Å². The Hall–Kier alpha value is -2.77. The van der Waals surface area contributed by atoms with Gasteiger partial charge in [0.2, 0.25) is 0 Å². The minimum absolute atomic E-state index is 0.0473. The van der Waals surface area contributed by atoms with Crippen LogP contribution in [0.5, 0.6) is 0 Å². The van der Waals surface area contributed by atoms with Crippen LogP contribution in [0.15, 0.2) is 43.0 Å². The van der Waals surface area contributed by atoms with E-state index >= 15 is 0 Å². The van der Waals surface area contributed by atoms with Gasteiger partial charge in [0.05, 0.1) is 11.9 Å². The zero-order valence-electron chi connectivity index (χ0n) is 14.4. The maximum absolute atomic E-state index is 6.42. The van der Waals surface area contributed by atoms with Crippen molar-refractivity contribution in [1.29, 1.82) is 0 Å². The summed E-state index contributed by atoms with van der Waals surface area (Å²) < 4.78 is 9.63. The molecule has 3 aromatic heterocycles. The Kier molecular flexibility index (Phi) is 4.10. The summed E-state index contributed by atoms with van der Waals surface area (Å²) in [5.74, 6) is 0.725. The molecule has 1 aliphatic rings. The molecule has 0 saturated carbocycles. The number of aromatic nitrogens is 6. The van der Waals surface area contributed by atoms with Gasteiger partial charge in [-0.2, -0.15) is 5.10 Å². The van der Waals surface area contributed by atoms with Crippen molar-refractivity contribution in [2.24, 2.45) is 0 Å². The average Bonchev–Trinajstić information content (AvgIpc) is 3.35. The van der Waals surface area contributed by atoms with Crippen LogP contribution in [0.4, 0.5) is 0 Å². The van der Waals surface area contributed by atoms with E-state index in [1.165, 1.54) is 0 Å². The van der Waals surface area contributed by atoms with Crippen molar-refractivity contribution in [3.63, 3.8) is 0 Å². The number of rotatable bonds is 3. The van der Waals surface area contributed by atoms with E-state index in [4.69, 9.17) is 16.3 Å². The molecule has 1 fully saturated rings. The first kappa shape index (κ1) is 16.4. The first-order valence-corrected chi connectivity index (χ1v) is 9.20. The molecule has 4 heterocycles.